The van der Waals surface area contributed by atoms with Gasteiger partial charge in [0.25, 0.3) is 0 Å². The fourth-order valence-electron chi connectivity index (χ4n) is 7.40. The molecule has 6 atom stereocenters. The molecule has 3 rings (SSSR count). The third-order valence-corrected chi connectivity index (χ3v) is 9.76. The molecule has 0 aromatic rings. The van der Waals surface area contributed by atoms with Gasteiger partial charge in [0, 0.05) is 49.9 Å². The second-order valence-corrected chi connectivity index (χ2v) is 15.4. The van der Waals surface area contributed by atoms with E-state index in [1.165, 1.54) is 6.92 Å². The Hall–Kier alpha value is -1.65. The Morgan fingerprint density at radius 2 is 1.51 bits per heavy atom. The Balaban J connectivity index is 1.83. The zero-order chi connectivity index (χ0) is 28.1. The number of hydrogen-bond acceptors (Lipinski definition) is 5. The van der Waals surface area contributed by atoms with Crippen LogP contribution in [0.4, 0.5) is 0 Å². The first-order chi connectivity index (χ1) is 16.8. The first-order valence-electron chi connectivity index (χ1n) is 14.5. The molecule has 37 heavy (non-hydrogen) atoms. The molecule has 0 aromatic heterocycles. The van der Waals surface area contributed by atoms with Gasteiger partial charge in [-0.05, 0) is 46.8 Å². The molecule has 5 heteroatoms. The van der Waals surface area contributed by atoms with Gasteiger partial charge in [0.1, 0.15) is 17.3 Å². The summed E-state index contributed by atoms with van der Waals surface area (Å²) in [6.07, 6.45) is 5.21. The van der Waals surface area contributed by atoms with Crippen LogP contribution in [0.15, 0.2) is 0 Å². The minimum absolute atomic E-state index is 0.00441. The van der Waals surface area contributed by atoms with Gasteiger partial charge in [-0.2, -0.15) is 0 Å². The van der Waals surface area contributed by atoms with Crippen LogP contribution in [0.3, 0.4) is 0 Å². The second kappa shape index (κ2) is 10.5. The molecule has 0 saturated heterocycles. The van der Waals surface area contributed by atoms with Crippen LogP contribution in [-0.4, -0.2) is 28.9 Å². The summed E-state index contributed by atoms with van der Waals surface area (Å²) in [6.45, 7) is 17.8. The number of rotatable bonds is 12. The second-order valence-electron chi connectivity index (χ2n) is 15.4. The van der Waals surface area contributed by atoms with E-state index in [0.717, 1.165) is 19.3 Å². The maximum Gasteiger partial charge on any atom is 0.201 e. The molecule has 3 saturated carbocycles. The summed E-state index contributed by atoms with van der Waals surface area (Å²) in [6, 6.07) is 0. The van der Waals surface area contributed by atoms with Gasteiger partial charge in [-0.25, -0.2) is 0 Å². The average Bonchev–Trinajstić information content (AvgIpc) is 3.06. The van der Waals surface area contributed by atoms with E-state index in [2.05, 4.69) is 13.8 Å². The molecule has 0 aliphatic heterocycles. The molecule has 6 unspecified atom stereocenters. The van der Waals surface area contributed by atoms with Crippen molar-refractivity contribution in [1.29, 1.82) is 0 Å². The van der Waals surface area contributed by atoms with E-state index in [9.17, 15) is 24.0 Å². The summed E-state index contributed by atoms with van der Waals surface area (Å²) in [5.41, 5.74) is -0.527. The number of Topliss-reactive ketones (excluding diaryl/α,β-unsaturated/α-hetero) is 5. The van der Waals surface area contributed by atoms with Gasteiger partial charge < -0.3 is 0 Å². The predicted octanol–water partition coefficient (Wildman–Crippen LogP) is 6.45. The van der Waals surface area contributed by atoms with Crippen molar-refractivity contribution in [3.63, 3.8) is 0 Å². The molecule has 0 bridgehead atoms. The summed E-state index contributed by atoms with van der Waals surface area (Å²) in [5, 5.41) is 0. The Morgan fingerprint density at radius 3 is 1.97 bits per heavy atom. The lowest BCUT2D eigenvalue weighted by Gasteiger charge is -2.35. The highest BCUT2D eigenvalue weighted by molar-refractivity contribution is 6.37. The van der Waals surface area contributed by atoms with Crippen molar-refractivity contribution in [3.05, 3.63) is 0 Å². The van der Waals surface area contributed by atoms with Gasteiger partial charge in [-0.3, -0.25) is 24.0 Å². The van der Waals surface area contributed by atoms with E-state index >= 15 is 0 Å². The monoisotopic (exact) mass is 514 g/mol. The van der Waals surface area contributed by atoms with Crippen LogP contribution in [0, 0.1) is 57.7 Å². The van der Waals surface area contributed by atoms with Crippen molar-refractivity contribution in [2.45, 2.75) is 114 Å². The molecule has 3 fully saturated rings. The molecule has 0 aromatic carbocycles. The smallest absolute Gasteiger partial charge is 0.201 e. The fourth-order valence-corrected chi connectivity index (χ4v) is 7.40. The average molecular weight is 515 g/mol. The Morgan fingerprint density at radius 1 is 0.919 bits per heavy atom. The van der Waals surface area contributed by atoms with Crippen molar-refractivity contribution in [1.82, 2.24) is 0 Å². The normalized spacial score (nSPS) is 28.6. The van der Waals surface area contributed by atoms with E-state index in [0.29, 0.717) is 31.1 Å². The lowest BCUT2D eigenvalue weighted by Crippen LogP contribution is -2.41. The maximum absolute atomic E-state index is 14.1. The van der Waals surface area contributed by atoms with Crippen molar-refractivity contribution < 1.29 is 24.0 Å². The van der Waals surface area contributed by atoms with Crippen LogP contribution in [-0.2, 0) is 24.0 Å². The van der Waals surface area contributed by atoms with Crippen LogP contribution in [0.1, 0.15) is 114 Å². The molecule has 3 aliphatic rings. The van der Waals surface area contributed by atoms with E-state index in [-0.39, 0.29) is 46.9 Å². The van der Waals surface area contributed by atoms with Gasteiger partial charge in [0.05, 0.1) is 0 Å². The van der Waals surface area contributed by atoms with Crippen LogP contribution < -0.4 is 0 Å². The van der Waals surface area contributed by atoms with Gasteiger partial charge in [0.15, 0.2) is 5.78 Å². The molecule has 0 spiro atoms. The maximum atomic E-state index is 14.1. The van der Waals surface area contributed by atoms with Crippen LogP contribution in [0.5, 0.6) is 0 Å². The van der Waals surface area contributed by atoms with Gasteiger partial charge in [-0.15, -0.1) is 0 Å². The van der Waals surface area contributed by atoms with Crippen LogP contribution >= 0.6 is 0 Å². The largest absolute Gasteiger partial charge is 0.300 e. The van der Waals surface area contributed by atoms with Crippen molar-refractivity contribution in [2.75, 3.05) is 0 Å². The number of carbonyl (C=O) groups is 5. The molecule has 0 N–H and O–H groups in total. The molecular weight excluding hydrogens is 464 g/mol. The minimum Gasteiger partial charge on any atom is -0.300 e. The Labute approximate surface area is 224 Å². The third-order valence-electron chi connectivity index (χ3n) is 9.76. The highest BCUT2D eigenvalue weighted by Gasteiger charge is 2.69. The topological polar surface area (TPSA) is 85.3 Å². The molecule has 208 valence electrons. The number of hydrogen-bond donors (Lipinski definition) is 0. The summed E-state index contributed by atoms with van der Waals surface area (Å²) in [5.74, 6) is -1.77. The Bertz CT molecular complexity index is 939. The summed E-state index contributed by atoms with van der Waals surface area (Å²) in [4.78, 5) is 65.7. The zero-order valence-corrected chi connectivity index (χ0v) is 24.7. The standard InChI is InChI=1S/C32H50O5/c1-18(33)28(36)20(13-19-11-10-12-19)14-25(35)26-22(16-23-27(26)32(23,8)9)29(37)24(31(5,6)7)15-21(34)17-30(2,3)4/h19-20,22-24,26-27H,10-17H2,1-9H3. The van der Waals surface area contributed by atoms with Crippen LogP contribution in [0.2, 0.25) is 0 Å². The lowest BCUT2D eigenvalue weighted by molar-refractivity contribution is -0.142. The predicted molar refractivity (Wildman–Crippen MR) is 145 cm³/mol. The lowest BCUT2D eigenvalue weighted by atomic mass is 9.67. The van der Waals surface area contributed by atoms with E-state index in [1.807, 2.05) is 41.5 Å². The quantitative estimate of drug-likeness (QED) is 0.280. The number of carbonyl (C=O) groups excluding carboxylic acids is 5. The highest BCUT2D eigenvalue weighted by atomic mass is 16.2. The summed E-state index contributed by atoms with van der Waals surface area (Å²) in [7, 11) is 0. The van der Waals surface area contributed by atoms with Gasteiger partial charge in [0.2, 0.25) is 5.78 Å². The van der Waals surface area contributed by atoms with E-state index in [4.69, 9.17) is 0 Å². The fraction of sp³-hybridized carbons (Fsp3) is 0.844. The highest BCUT2D eigenvalue weighted by Crippen LogP contribution is 2.71. The van der Waals surface area contributed by atoms with Crippen molar-refractivity contribution >= 4 is 28.9 Å². The molecular formula is C32H50O5. The van der Waals surface area contributed by atoms with E-state index in [1.54, 1.807) is 0 Å². The molecule has 0 heterocycles. The number of fused-ring (bicyclic) bond motifs is 1. The summed E-state index contributed by atoms with van der Waals surface area (Å²) < 4.78 is 0. The van der Waals surface area contributed by atoms with E-state index < -0.39 is 40.7 Å². The molecule has 0 amide bonds. The number of ketones is 5. The van der Waals surface area contributed by atoms with Gasteiger partial charge in [-0.1, -0.05) is 74.7 Å². The van der Waals surface area contributed by atoms with Crippen molar-refractivity contribution in [3.8, 4) is 0 Å². The first-order valence-corrected chi connectivity index (χ1v) is 14.5. The van der Waals surface area contributed by atoms with Gasteiger partial charge >= 0.3 is 0 Å². The first kappa shape index (κ1) is 29.9. The molecule has 5 nitrogen and oxygen atoms in total. The molecule has 3 aliphatic carbocycles. The third kappa shape index (κ3) is 6.68. The van der Waals surface area contributed by atoms with Crippen molar-refractivity contribution in [2.24, 2.45) is 57.7 Å². The zero-order valence-electron chi connectivity index (χ0n) is 24.7. The van der Waals surface area contributed by atoms with Crippen LogP contribution in [0.25, 0.3) is 0 Å². The minimum atomic E-state index is -0.571. The summed E-state index contributed by atoms with van der Waals surface area (Å²) >= 11 is 0. The molecule has 0 radical (unpaired) electrons. The SMILES string of the molecule is CC(=O)C(=O)C(CC(=O)C1C(C(=O)C(CC(=O)CC(C)(C)C)C(C)(C)C)CC2C1C2(C)C)CC1CCC1. The Kier molecular flexibility index (Phi) is 8.48.